The summed E-state index contributed by atoms with van der Waals surface area (Å²) in [4.78, 5) is 23.5. The van der Waals surface area contributed by atoms with Crippen LogP contribution >= 0.6 is 0 Å². The molecule has 0 aliphatic rings. The van der Waals surface area contributed by atoms with Crippen molar-refractivity contribution in [3.63, 3.8) is 0 Å². The van der Waals surface area contributed by atoms with Crippen LogP contribution in [-0.4, -0.2) is 25.2 Å². The van der Waals surface area contributed by atoms with Crippen LogP contribution in [0, 0.1) is 0 Å². The molecule has 4 heteroatoms. The average Bonchev–Trinajstić information content (AvgIpc) is 2.77. The van der Waals surface area contributed by atoms with Gasteiger partial charge < -0.3 is 9.47 Å². The highest BCUT2D eigenvalue weighted by atomic mass is 16.5. The van der Waals surface area contributed by atoms with Gasteiger partial charge in [0.1, 0.15) is 0 Å². The van der Waals surface area contributed by atoms with Gasteiger partial charge in [0.15, 0.2) is 0 Å². The van der Waals surface area contributed by atoms with Crippen molar-refractivity contribution in [1.29, 1.82) is 0 Å². The highest BCUT2D eigenvalue weighted by Crippen LogP contribution is 2.10. The Bertz CT molecular complexity index is 649. The lowest BCUT2D eigenvalue weighted by Crippen LogP contribution is -2.07. The normalized spacial score (nSPS) is 10.5. The van der Waals surface area contributed by atoms with E-state index in [0.717, 1.165) is 51.4 Å². The molecule has 0 fully saturated rings. The van der Waals surface area contributed by atoms with Crippen LogP contribution in [0.15, 0.2) is 60.7 Å². The molecule has 0 aromatic heterocycles. The van der Waals surface area contributed by atoms with Gasteiger partial charge in [0.25, 0.3) is 0 Å². The predicted octanol–water partition coefficient (Wildman–Crippen LogP) is 5.68. The van der Waals surface area contributed by atoms with Gasteiger partial charge in [-0.05, 0) is 24.0 Å². The topological polar surface area (TPSA) is 52.6 Å². The molecule has 0 aliphatic carbocycles. The lowest BCUT2D eigenvalue weighted by Gasteiger charge is -2.06. The zero-order valence-electron chi connectivity index (χ0n) is 17.9. The molecule has 2 aromatic carbocycles. The Hall–Kier alpha value is -2.62. The fourth-order valence-electron chi connectivity index (χ4n) is 3.24. The van der Waals surface area contributed by atoms with Gasteiger partial charge in [-0.2, -0.15) is 0 Å². The number of hydrogen-bond donors (Lipinski definition) is 0. The van der Waals surface area contributed by atoms with E-state index in [0.29, 0.717) is 26.1 Å². The van der Waals surface area contributed by atoms with Crippen molar-refractivity contribution in [2.45, 2.75) is 64.2 Å². The molecule has 0 radical (unpaired) electrons. The fourth-order valence-corrected chi connectivity index (χ4v) is 3.24. The molecule has 0 bridgehead atoms. The smallest absolute Gasteiger partial charge is 0.305 e. The maximum Gasteiger partial charge on any atom is 0.305 e. The van der Waals surface area contributed by atoms with Gasteiger partial charge >= 0.3 is 11.9 Å². The Morgan fingerprint density at radius 2 is 0.900 bits per heavy atom. The van der Waals surface area contributed by atoms with Crippen LogP contribution in [0.3, 0.4) is 0 Å². The van der Waals surface area contributed by atoms with Crippen LogP contribution in [0.5, 0.6) is 0 Å². The summed E-state index contributed by atoms with van der Waals surface area (Å²) in [7, 11) is 0. The first-order valence-corrected chi connectivity index (χ1v) is 11.1. The van der Waals surface area contributed by atoms with Gasteiger partial charge in [0.2, 0.25) is 0 Å². The van der Waals surface area contributed by atoms with Crippen molar-refractivity contribution in [1.82, 2.24) is 0 Å². The molecular formula is C26H34O4. The van der Waals surface area contributed by atoms with Crippen molar-refractivity contribution in [2.75, 3.05) is 13.2 Å². The van der Waals surface area contributed by atoms with Gasteiger partial charge in [-0.1, -0.05) is 86.3 Å². The van der Waals surface area contributed by atoms with Gasteiger partial charge in [0, 0.05) is 25.7 Å². The molecule has 0 atom stereocenters. The number of benzene rings is 2. The minimum absolute atomic E-state index is 0.107. The van der Waals surface area contributed by atoms with Crippen molar-refractivity contribution in [2.24, 2.45) is 0 Å². The summed E-state index contributed by atoms with van der Waals surface area (Å²) in [6.45, 7) is 0.897. The van der Waals surface area contributed by atoms with Crippen molar-refractivity contribution in [3.05, 3.63) is 71.8 Å². The monoisotopic (exact) mass is 410 g/mol. The molecule has 0 amide bonds. The Kier molecular flexibility index (Phi) is 12.0. The zero-order valence-corrected chi connectivity index (χ0v) is 17.9. The summed E-state index contributed by atoms with van der Waals surface area (Å²) in [5.74, 6) is -0.214. The van der Waals surface area contributed by atoms with Gasteiger partial charge in [-0.25, -0.2) is 0 Å². The second kappa shape index (κ2) is 15.3. The van der Waals surface area contributed by atoms with Crippen LogP contribution in [0.25, 0.3) is 0 Å². The molecule has 0 spiro atoms. The average molecular weight is 411 g/mol. The fraction of sp³-hybridized carbons (Fsp3) is 0.462. The van der Waals surface area contributed by atoms with Gasteiger partial charge in [-0.15, -0.1) is 0 Å². The molecule has 162 valence electrons. The number of ether oxygens (including phenoxy) is 2. The number of rotatable bonds is 15. The Balaban J connectivity index is 1.35. The number of unbranched alkanes of at least 4 members (excludes halogenated alkanes) is 5. The van der Waals surface area contributed by atoms with E-state index >= 15 is 0 Å². The first-order chi connectivity index (χ1) is 14.7. The molecular weight excluding hydrogens is 376 g/mol. The first-order valence-electron chi connectivity index (χ1n) is 11.1. The maximum absolute atomic E-state index is 11.7. The minimum atomic E-state index is -0.107. The van der Waals surface area contributed by atoms with Crippen LogP contribution in [0.2, 0.25) is 0 Å². The Morgan fingerprint density at radius 3 is 1.30 bits per heavy atom. The van der Waals surface area contributed by atoms with E-state index in [1.54, 1.807) is 0 Å². The van der Waals surface area contributed by atoms with E-state index in [9.17, 15) is 9.59 Å². The number of carbonyl (C=O) groups is 2. The third kappa shape index (κ3) is 11.4. The lowest BCUT2D eigenvalue weighted by atomic mass is 10.1. The second-order valence-corrected chi connectivity index (χ2v) is 7.53. The molecule has 4 nitrogen and oxygen atoms in total. The summed E-state index contributed by atoms with van der Waals surface area (Å²) < 4.78 is 10.6. The SMILES string of the molecule is O=C(CCCCCCCCC(=O)OCCc1ccccc1)OCCc1ccccc1. The number of carbonyl (C=O) groups excluding carboxylic acids is 2. The lowest BCUT2D eigenvalue weighted by molar-refractivity contribution is -0.144. The Labute approximate surface area is 180 Å². The van der Waals surface area contributed by atoms with Crippen LogP contribution in [0.1, 0.15) is 62.5 Å². The number of hydrogen-bond acceptors (Lipinski definition) is 4. The van der Waals surface area contributed by atoms with E-state index in [1.165, 1.54) is 11.1 Å². The van der Waals surface area contributed by atoms with Crippen molar-refractivity contribution in [3.8, 4) is 0 Å². The Morgan fingerprint density at radius 1 is 0.533 bits per heavy atom. The summed E-state index contributed by atoms with van der Waals surface area (Å²) in [5, 5.41) is 0. The maximum atomic E-state index is 11.7. The highest BCUT2D eigenvalue weighted by Gasteiger charge is 2.04. The second-order valence-electron chi connectivity index (χ2n) is 7.53. The number of esters is 2. The molecule has 2 aromatic rings. The third-order valence-corrected chi connectivity index (χ3v) is 5.01. The predicted molar refractivity (Wildman–Crippen MR) is 119 cm³/mol. The van der Waals surface area contributed by atoms with E-state index in [-0.39, 0.29) is 11.9 Å². The largest absolute Gasteiger partial charge is 0.465 e. The van der Waals surface area contributed by atoms with Gasteiger partial charge in [-0.3, -0.25) is 9.59 Å². The molecule has 0 N–H and O–H groups in total. The molecule has 30 heavy (non-hydrogen) atoms. The van der Waals surface area contributed by atoms with Crippen molar-refractivity contribution < 1.29 is 19.1 Å². The summed E-state index contributed by atoms with van der Waals surface area (Å²) in [5.41, 5.74) is 2.37. The molecule has 0 unspecified atom stereocenters. The molecule has 2 rings (SSSR count). The van der Waals surface area contributed by atoms with Gasteiger partial charge in [0.05, 0.1) is 13.2 Å². The molecule has 0 saturated heterocycles. The molecule has 0 saturated carbocycles. The van der Waals surface area contributed by atoms with E-state index in [2.05, 4.69) is 0 Å². The van der Waals surface area contributed by atoms with E-state index in [4.69, 9.17) is 9.47 Å². The van der Waals surface area contributed by atoms with E-state index in [1.807, 2.05) is 60.7 Å². The zero-order chi connectivity index (χ0) is 21.3. The summed E-state index contributed by atoms with van der Waals surface area (Å²) >= 11 is 0. The molecule has 0 aliphatic heterocycles. The van der Waals surface area contributed by atoms with Crippen molar-refractivity contribution >= 4 is 11.9 Å². The highest BCUT2D eigenvalue weighted by molar-refractivity contribution is 5.69. The van der Waals surface area contributed by atoms with Crippen LogP contribution < -0.4 is 0 Å². The van der Waals surface area contributed by atoms with E-state index < -0.39 is 0 Å². The van der Waals surface area contributed by atoms with Crippen LogP contribution in [-0.2, 0) is 31.9 Å². The summed E-state index contributed by atoms with van der Waals surface area (Å²) in [6.07, 6.45) is 8.45. The van der Waals surface area contributed by atoms with Crippen LogP contribution in [0.4, 0.5) is 0 Å². The standard InChI is InChI=1S/C26H34O4/c27-25(29-21-19-23-13-7-5-8-14-23)17-11-3-1-2-4-12-18-26(28)30-22-20-24-15-9-6-10-16-24/h5-10,13-16H,1-4,11-12,17-22H2. The molecule has 0 heterocycles. The quantitative estimate of drug-likeness (QED) is 0.280. The third-order valence-electron chi connectivity index (χ3n) is 5.01. The summed E-state index contributed by atoms with van der Waals surface area (Å²) in [6, 6.07) is 20.1. The first kappa shape index (κ1) is 23.7. The minimum Gasteiger partial charge on any atom is -0.465 e.